The van der Waals surface area contributed by atoms with Crippen molar-refractivity contribution in [3.8, 4) is 0 Å². The molecule has 1 saturated heterocycles. The lowest BCUT2D eigenvalue weighted by Crippen LogP contribution is -2.42. The molecule has 0 radical (unpaired) electrons. The molecule has 17 heavy (non-hydrogen) atoms. The van der Waals surface area contributed by atoms with E-state index < -0.39 is 0 Å². The number of carbonyl (C=O) groups is 1. The highest BCUT2D eigenvalue weighted by Crippen LogP contribution is 2.36. The van der Waals surface area contributed by atoms with E-state index in [0.717, 1.165) is 24.4 Å². The van der Waals surface area contributed by atoms with Crippen LogP contribution in [0.5, 0.6) is 0 Å². The summed E-state index contributed by atoms with van der Waals surface area (Å²) in [4.78, 5) is 14.7. The Hall–Kier alpha value is -0.670. The number of nitrogens with one attached hydrogen (secondary N) is 1. The zero-order valence-electron chi connectivity index (χ0n) is 10.9. The first kappa shape index (κ1) is 12.8. The van der Waals surface area contributed by atoms with Gasteiger partial charge in [-0.1, -0.05) is 13.8 Å². The minimum atomic E-state index is -0.245. The van der Waals surface area contributed by atoms with Crippen LogP contribution in [0, 0.1) is 18.3 Å². The predicted octanol–water partition coefficient (Wildman–Crippen LogP) is 3.27. The summed E-state index contributed by atoms with van der Waals surface area (Å²) in [6.45, 7) is 8.32. The molecule has 1 fully saturated rings. The lowest BCUT2D eigenvalue weighted by molar-refractivity contribution is 0.0713. The minimum absolute atomic E-state index is 0.245. The van der Waals surface area contributed by atoms with Gasteiger partial charge in [-0.25, -0.2) is 0 Å². The van der Waals surface area contributed by atoms with Gasteiger partial charge in [0.1, 0.15) is 0 Å². The van der Waals surface area contributed by atoms with Gasteiger partial charge < -0.3 is 5.32 Å². The molecule has 1 aromatic rings. The molecule has 2 nitrogen and oxygen atoms in total. The highest BCUT2D eigenvalue weighted by molar-refractivity contribution is 7.14. The molecule has 94 valence electrons. The van der Waals surface area contributed by atoms with Crippen molar-refractivity contribution in [2.45, 2.75) is 33.6 Å². The highest BCUT2D eigenvalue weighted by atomic mass is 32.1. The predicted molar refractivity (Wildman–Crippen MR) is 72.8 cm³/mol. The van der Waals surface area contributed by atoms with Crippen molar-refractivity contribution in [3.05, 3.63) is 21.9 Å². The number of piperidine rings is 1. The van der Waals surface area contributed by atoms with E-state index in [1.54, 1.807) is 11.3 Å². The van der Waals surface area contributed by atoms with Gasteiger partial charge in [0.15, 0.2) is 5.78 Å². The maximum Gasteiger partial charge on any atom is 0.178 e. The maximum absolute atomic E-state index is 12.6. The van der Waals surface area contributed by atoms with E-state index in [4.69, 9.17) is 0 Å². The molecule has 2 rings (SSSR count). The van der Waals surface area contributed by atoms with E-state index in [1.807, 2.05) is 12.1 Å². The van der Waals surface area contributed by atoms with Crippen LogP contribution in [-0.4, -0.2) is 18.9 Å². The average Bonchev–Trinajstić information content (AvgIpc) is 2.76. The summed E-state index contributed by atoms with van der Waals surface area (Å²) in [7, 11) is 0. The van der Waals surface area contributed by atoms with Gasteiger partial charge in [-0.3, -0.25) is 4.79 Å². The van der Waals surface area contributed by atoms with Crippen LogP contribution in [0.2, 0.25) is 0 Å². The van der Waals surface area contributed by atoms with Crippen molar-refractivity contribution in [3.63, 3.8) is 0 Å². The van der Waals surface area contributed by atoms with Gasteiger partial charge in [-0.15, -0.1) is 11.3 Å². The molecule has 1 N–H and O–H groups in total. The fourth-order valence-corrected chi connectivity index (χ4v) is 3.50. The molecule has 2 heterocycles. The van der Waals surface area contributed by atoms with E-state index in [2.05, 4.69) is 26.1 Å². The van der Waals surface area contributed by atoms with E-state index >= 15 is 0 Å². The second-order valence-corrected chi connectivity index (χ2v) is 6.79. The third kappa shape index (κ3) is 2.61. The summed E-state index contributed by atoms with van der Waals surface area (Å²) in [5, 5.41) is 3.40. The number of thiophene rings is 1. The molecule has 0 aliphatic carbocycles. The first-order valence-electron chi connectivity index (χ1n) is 6.34. The number of carbonyl (C=O) groups excluding carboxylic acids is 1. The number of aryl methyl sites for hydroxylation is 1. The van der Waals surface area contributed by atoms with Crippen molar-refractivity contribution in [2.75, 3.05) is 13.1 Å². The Labute approximate surface area is 107 Å². The molecule has 1 aromatic heterocycles. The molecule has 1 aliphatic heterocycles. The SMILES string of the molecule is Cc1ccc(C(=O)C(C)(C)C2CCCNC2)s1. The quantitative estimate of drug-likeness (QED) is 0.835. The van der Waals surface area contributed by atoms with E-state index in [0.29, 0.717) is 11.7 Å². The number of hydrogen-bond donors (Lipinski definition) is 1. The molecule has 3 heteroatoms. The summed E-state index contributed by atoms with van der Waals surface area (Å²) in [5.41, 5.74) is -0.245. The smallest absolute Gasteiger partial charge is 0.178 e. The number of rotatable bonds is 3. The molecule has 1 aliphatic rings. The topological polar surface area (TPSA) is 29.1 Å². The van der Waals surface area contributed by atoms with Gasteiger partial charge in [0.05, 0.1) is 4.88 Å². The van der Waals surface area contributed by atoms with Crippen molar-refractivity contribution in [1.82, 2.24) is 5.32 Å². The number of Topliss-reactive ketones (excluding diaryl/α,β-unsaturated/α-hetero) is 1. The molecule has 1 unspecified atom stereocenters. The zero-order chi connectivity index (χ0) is 12.5. The van der Waals surface area contributed by atoms with Crippen molar-refractivity contribution in [2.24, 2.45) is 11.3 Å². The molecule has 0 saturated carbocycles. The standard InChI is InChI=1S/C14H21NOS/c1-10-6-7-12(17-10)13(16)14(2,3)11-5-4-8-15-9-11/h6-7,11,15H,4-5,8-9H2,1-3H3. The largest absolute Gasteiger partial charge is 0.316 e. The van der Waals surface area contributed by atoms with Crippen molar-refractivity contribution < 1.29 is 4.79 Å². The second-order valence-electron chi connectivity index (χ2n) is 5.50. The molecular formula is C14H21NOS. The summed E-state index contributed by atoms with van der Waals surface area (Å²) in [5.74, 6) is 0.774. The van der Waals surface area contributed by atoms with Crippen molar-refractivity contribution >= 4 is 17.1 Å². The summed E-state index contributed by atoms with van der Waals surface area (Å²) < 4.78 is 0. The first-order valence-corrected chi connectivity index (χ1v) is 7.15. The van der Waals surface area contributed by atoms with Gasteiger partial charge in [0.2, 0.25) is 0 Å². The monoisotopic (exact) mass is 251 g/mol. The van der Waals surface area contributed by atoms with Crippen LogP contribution in [-0.2, 0) is 0 Å². The minimum Gasteiger partial charge on any atom is -0.316 e. The molecule has 0 bridgehead atoms. The van der Waals surface area contributed by atoms with Crippen LogP contribution in [0.4, 0.5) is 0 Å². The Morgan fingerprint density at radius 2 is 2.24 bits per heavy atom. The fourth-order valence-electron chi connectivity index (χ4n) is 2.53. The fraction of sp³-hybridized carbons (Fsp3) is 0.643. The van der Waals surface area contributed by atoms with E-state index in [-0.39, 0.29) is 5.41 Å². The average molecular weight is 251 g/mol. The van der Waals surface area contributed by atoms with Crippen molar-refractivity contribution in [1.29, 1.82) is 0 Å². The van der Waals surface area contributed by atoms with Crippen LogP contribution in [0.1, 0.15) is 41.2 Å². The van der Waals surface area contributed by atoms with Crippen LogP contribution < -0.4 is 5.32 Å². The summed E-state index contributed by atoms with van der Waals surface area (Å²) in [6.07, 6.45) is 2.35. The van der Waals surface area contributed by atoms with Crippen LogP contribution in [0.15, 0.2) is 12.1 Å². The molecule has 0 amide bonds. The Bertz CT molecular complexity index is 402. The third-order valence-corrected chi connectivity index (χ3v) is 4.87. The first-order chi connectivity index (χ1) is 8.01. The highest BCUT2D eigenvalue weighted by Gasteiger charge is 2.38. The number of ketones is 1. The van der Waals surface area contributed by atoms with Crippen LogP contribution in [0.25, 0.3) is 0 Å². The summed E-state index contributed by atoms with van der Waals surface area (Å²) in [6, 6.07) is 4.01. The Morgan fingerprint density at radius 1 is 1.47 bits per heavy atom. The third-order valence-electron chi connectivity index (χ3n) is 3.87. The van der Waals surface area contributed by atoms with Crippen LogP contribution >= 0.6 is 11.3 Å². The molecule has 0 spiro atoms. The zero-order valence-corrected chi connectivity index (χ0v) is 11.7. The molecule has 0 aromatic carbocycles. The Balaban J connectivity index is 2.16. The van der Waals surface area contributed by atoms with Crippen LogP contribution in [0.3, 0.4) is 0 Å². The lowest BCUT2D eigenvalue weighted by Gasteiger charge is -2.35. The van der Waals surface area contributed by atoms with E-state index in [9.17, 15) is 4.79 Å². The Morgan fingerprint density at radius 3 is 2.76 bits per heavy atom. The Kier molecular flexibility index (Phi) is 3.69. The number of hydrogen-bond acceptors (Lipinski definition) is 3. The van der Waals surface area contributed by atoms with Gasteiger partial charge in [-0.05, 0) is 50.9 Å². The normalized spacial score (nSPS) is 21.5. The lowest BCUT2D eigenvalue weighted by atomic mass is 9.72. The molecule has 1 atom stereocenters. The molecular weight excluding hydrogens is 230 g/mol. The summed E-state index contributed by atoms with van der Waals surface area (Å²) >= 11 is 1.62. The van der Waals surface area contributed by atoms with E-state index in [1.165, 1.54) is 11.3 Å². The van der Waals surface area contributed by atoms with Gasteiger partial charge in [0.25, 0.3) is 0 Å². The van der Waals surface area contributed by atoms with Gasteiger partial charge in [0, 0.05) is 10.3 Å². The van der Waals surface area contributed by atoms with Gasteiger partial charge in [-0.2, -0.15) is 0 Å². The second kappa shape index (κ2) is 4.91. The van der Waals surface area contributed by atoms with Gasteiger partial charge >= 0.3 is 0 Å². The maximum atomic E-state index is 12.6.